The van der Waals surface area contributed by atoms with Gasteiger partial charge in [-0.05, 0) is 67.9 Å². The molecule has 196 valence electrons. The number of aromatic nitrogens is 1. The molecule has 2 saturated carbocycles. The number of allylic oxidation sites excluding steroid dienone is 1. The van der Waals surface area contributed by atoms with Gasteiger partial charge in [-0.3, -0.25) is 0 Å². The van der Waals surface area contributed by atoms with Gasteiger partial charge in [0.2, 0.25) is 5.76 Å². The van der Waals surface area contributed by atoms with Gasteiger partial charge in [-0.15, -0.1) is 0 Å². The zero-order valence-electron chi connectivity index (χ0n) is 22.4. The Bertz CT molecular complexity index is 1120. The minimum absolute atomic E-state index is 0.00748. The molecule has 0 N–H and O–H groups in total. The van der Waals surface area contributed by atoms with Crippen molar-refractivity contribution >= 4 is 23.5 Å². The molecule has 2 aliphatic carbocycles. The molecule has 0 unspecified atom stereocenters. The lowest BCUT2D eigenvalue weighted by atomic mass is 9.44. The molecule has 0 aromatic carbocycles. The lowest BCUT2D eigenvalue weighted by molar-refractivity contribution is -0.187. The normalized spacial score (nSPS) is 30.9. The van der Waals surface area contributed by atoms with Crippen LogP contribution < -0.4 is 0 Å². The van der Waals surface area contributed by atoms with Gasteiger partial charge in [0.05, 0.1) is 21.3 Å². The first-order chi connectivity index (χ1) is 16.9. The molecule has 8 nitrogen and oxygen atoms in total. The standard InChI is InChI=1S/C28H37NO7/c1-26(2)12-8-13-27(3)19(26)11-14-28(4)20(27)15-17(22(36-28)25(32)35-7)16-9-10-18(23(30)33-5)29-21(16)24(31)34-6/h9-10,19-20H,8,11-15H2,1-7H3/t19-,20+,27-,28+/m0/s1. The number of hydrogen-bond donors (Lipinski definition) is 0. The van der Waals surface area contributed by atoms with Crippen molar-refractivity contribution in [2.24, 2.45) is 22.7 Å². The van der Waals surface area contributed by atoms with Crippen LogP contribution in [0.3, 0.4) is 0 Å². The third-order valence-corrected chi connectivity index (χ3v) is 9.12. The van der Waals surface area contributed by atoms with Crippen molar-refractivity contribution < 1.29 is 33.3 Å². The van der Waals surface area contributed by atoms with Crippen LogP contribution in [0.4, 0.5) is 0 Å². The fourth-order valence-electron chi connectivity index (χ4n) is 7.43. The number of carbonyl (C=O) groups excluding carboxylic acids is 3. The first kappa shape index (κ1) is 26.2. The summed E-state index contributed by atoms with van der Waals surface area (Å²) in [5.41, 5.74) is 0.523. The molecule has 0 amide bonds. The van der Waals surface area contributed by atoms with E-state index in [2.05, 4.69) is 32.7 Å². The molecular weight excluding hydrogens is 462 g/mol. The Morgan fingerprint density at radius 1 is 0.889 bits per heavy atom. The van der Waals surface area contributed by atoms with E-state index >= 15 is 0 Å². The topological polar surface area (TPSA) is 101 Å². The Labute approximate surface area is 212 Å². The zero-order valence-corrected chi connectivity index (χ0v) is 22.4. The third kappa shape index (κ3) is 4.08. The Morgan fingerprint density at radius 2 is 1.56 bits per heavy atom. The lowest BCUT2D eigenvalue weighted by Gasteiger charge is -2.63. The summed E-state index contributed by atoms with van der Waals surface area (Å²) in [6.45, 7) is 9.19. The van der Waals surface area contributed by atoms with Crippen LogP contribution in [0.15, 0.2) is 17.9 Å². The van der Waals surface area contributed by atoms with Gasteiger partial charge in [0, 0.05) is 17.1 Å². The highest BCUT2D eigenvalue weighted by Crippen LogP contribution is 2.65. The van der Waals surface area contributed by atoms with Crippen LogP contribution in [0.5, 0.6) is 0 Å². The molecular formula is C28H37NO7. The summed E-state index contributed by atoms with van der Waals surface area (Å²) in [5, 5.41) is 0. The summed E-state index contributed by atoms with van der Waals surface area (Å²) >= 11 is 0. The van der Waals surface area contributed by atoms with Crippen LogP contribution in [0.25, 0.3) is 5.57 Å². The second kappa shape index (κ2) is 9.20. The van der Waals surface area contributed by atoms with Crippen molar-refractivity contribution in [1.29, 1.82) is 0 Å². The Morgan fingerprint density at radius 3 is 2.19 bits per heavy atom. The van der Waals surface area contributed by atoms with E-state index in [0.29, 0.717) is 23.5 Å². The van der Waals surface area contributed by atoms with Crippen LogP contribution in [0, 0.1) is 22.7 Å². The number of methoxy groups -OCH3 is 3. The van der Waals surface area contributed by atoms with Crippen molar-refractivity contribution in [1.82, 2.24) is 4.98 Å². The molecule has 1 aromatic heterocycles. The maximum Gasteiger partial charge on any atom is 0.373 e. The Kier molecular flexibility index (Phi) is 6.69. The van der Waals surface area contributed by atoms with Crippen molar-refractivity contribution in [2.45, 2.75) is 71.8 Å². The molecule has 1 aromatic rings. The van der Waals surface area contributed by atoms with E-state index in [1.807, 2.05) is 0 Å². The van der Waals surface area contributed by atoms with Gasteiger partial charge in [-0.1, -0.05) is 27.2 Å². The summed E-state index contributed by atoms with van der Waals surface area (Å²) in [6, 6.07) is 3.10. The molecule has 8 heteroatoms. The number of hydrogen-bond acceptors (Lipinski definition) is 8. The number of rotatable bonds is 4. The highest BCUT2D eigenvalue weighted by Gasteiger charge is 2.61. The maximum absolute atomic E-state index is 13.0. The van der Waals surface area contributed by atoms with Gasteiger partial charge >= 0.3 is 17.9 Å². The minimum Gasteiger partial charge on any atom is -0.480 e. The first-order valence-electron chi connectivity index (χ1n) is 12.6. The van der Waals surface area contributed by atoms with Crippen LogP contribution in [0.1, 0.15) is 92.8 Å². The summed E-state index contributed by atoms with van der Waals surface area (Å²) in [5.74, 6) is -1.28. The summed E-state index contributed by atoms with van der Waals surface area (Å²) in [7, 11) is 3.81. The largest absolute Gasteiger partial charge is 0.480 e. The Hall–Kier alpha value is -2.90. The first-order valence-corrected chi connectivity index (χ1v) is 12.6. The van der Waals surface area contributed by atoms with Crippen LogP contribution >= 0.6 is 0 Å². The van der Waals surface area contributed by atoms with Gasteiger partial charge in [0.1, 0.15) is 11.3 Å². The second-order valence-electron chi connectivity index (χ2n) is 11.5. The predicted molar refractivity (Wildman–Crippen MR) is 132 cm³/mol. The van der Waals surface area contributed by atoms with E-state index in [1.165, 1.54) is 33.8 Å². The number of nitrogens with zero attached hydrogens (tertiary/aromatic N) is 1. The van der Waals surface area contributed by atoms with E-state index in [-0.39, 0.29) is 33.9 Å². The van der Waals surface area contributed by atoms with Crippen LogP contribution in [-0.2, 0) is 23.7 Å². The average molecular weight is 500 g/mol. The van der Waals surface area contributed by atoms with Crippen molar-refractivity contribution in [3.05, 3.63) is 34.8 Å². The number of fused-ring (bicyclic) bond motifs is 3. The number of carbonyl (C=O) groups is 3. The monoisotopic (exact) mass is 499 g/mol. The molecule has 0 radical (unpaired) electrons. The van der Waals surface area contributed by atoms with Crippen molar-refractivity contribution in [3.8, 4) is 0 Å². The molecule has 36 heavy (non-hydrogen) atoms. The van der Waals surface area contributed by atoms with Gasteiger partial charge < -0.3 is 18.9 Å². The molecule has 4 rings (SSSR count). The third-order valence-electron chi connectivity index (χ3n) is 9.12. The van der Waals surface area contributed by atoms with E-state index in [9.17, 15) is 14.4 Å². The summed E-state index contributed by atoms with van der Waals surface area (Å²) < 4.78 is 21.4. The van der Waals surface area contributed by atoms with Gasteiger partial charge in [-0.2, -0.15) is 0 Å². The van der Waals surface area contributed by atoms with Gasteiger partial charge in [0.15, 0.2) is 5.69 Å². The smallest absolute Gasteiger partial charge is 0.373 e. The van der Waals surface area contributed by atoms with E-state index in [1.54, 1.807) is 6.07 Å². The highest BCUT2D eigenvalue weighted by atomic mass is 16.6. The fourth-order valence-corrected chi connectivity index (χ4v) is 7.43. The molecule has 0 spiro atoms. The number of esters is 3. The minimum atomic E-state index is -0.715. The van der Waals surface area contributed by atoms with E-state index in [4.69, 9.17) is 18.9 Å². The molecule has 0 saturated heterocycles. The summed E-state index contributed by atoms with van der Waals surface area (Å²) in [6.07, 6.45) is 5.79. The highest BCUT2D eigenvalue weighted by molar-refractivity contribution is 6.01. The zero-order chi connectivity index (χ0) is 26.5. The van der Waals surface area contributed by atoms with Gasteiger partial charge in [-0.25, -0.2) is 19.4 Å². The number of pyridine rings is 1. The van der Waals surface area contributed by atoms with E-state index < -0.39 is 23.5 Å². The van der Waals surface area contributed by atoms with Crippen LogP contribution in [0.2, 0.25) is 0 Å². The maximum atomic E-state index is 13.0. The van der Waals surface area contributed by atoms with Crippen molar-refractivity contribution in [2.75, 3.05) is 21.3 Å². The Balaban J connectivity index is 1.90. The van der Waals surface area contributed by atoms with Crippen LogP contribution in [-0.4, -0.2) is 49.8 Å². The molecule has 4 atom stereocenters. The van der Waals surface area contributed by atoms with Crippen molar-refractivity contribution in [3.63, 3.8) is 0 Å². The molecule has 2 fully saturated rings. The summed E-state index contributed by atoms with van der Waals surface area (Å²) in [4.78, 5) is 42.2. The average Bonchev–Trinajstić information content (AvgIpc) is 2.85. The molecule has 1 aliphatic heterocycles. The van der Waals surface area contributed by atoms with E-state index in [0.717, 1.165) is 25.7 Å². The predicted octanol–water partition coefficient (Wildman–Crippen LogP) is 4.96. The SMILES string of the molecule is COC(=O)C1=C(c2ccc(C(=O)OC)nc2C(=O)OC)C[C@@H]2[C@@]3(C)CCCC(C)(C)[C@@H]3CC[C@@]2(C)O1. The van der Waals surface area contributed by atoms with Gasteiger partial charge in [0.25, 0.3) is 0 Å². The molecule has 2 heterocycles. The fraction of sp³-hybridized carbons (Fsp3) is 0.643. The molecule has 3 aliphatic rings. The second-order valence-corrected chi connectivity index (χ2v) is 11.5. The quantitative estimate of drug-likeness (QED) is 0.423. The lowest BCUT2D eigenvalue weighted by Crippen LogP contribution is -2.59. The number of ether oxygens (including phenoxy) is 4. The molecule has 0 bridgehead atoms.